The van der Waals surface area contributed by atoms with Crippen molar-refractivity contribution in [2.24, 2.45) is 5.10 Å². The number of aryl methyl sites for hydroxylation is 1. The van der Waals surface area contributed by atoms with Gasteiger partial charge in [0.2, 0.25) is 0 Å². The molecule has 1 aromatic heterocycles. The van der Waals surface area contributed by atoms with Gasteiger partial charge in [-0.05, 0) is 55.3 Å². The van der Waals surface area contributed by atoms with Crippen LogP contribution in [0, 0.1) is 6.92 Å². The number of benzene rings is 3. The topological polar surface area (TPSA) is 76.7 Å². The number of aromatic hydroxyl groups is 1. The molecule has 4 aromatic rings. The molecule has 1 heterocycles. The second kappa shape index (κ2) is 8.21. The minimum absolute atomic E-state index is 0.0548. The molecule has 30 heavy (non-hydrogen) atoms. The summed E-state index contributed by atoms with van der Waals surface area (Å²) in [5.74, 6) is 0.889. The van der Waals surface area contributed by atoms with Gasteiger partial charge >= 0.3 is 0 Å². The van der Waals surface area contributed by atoms with Gasteiger partial charge in [0, 0.05) is 5.56 Å². The SMILES string of the molecule is CCOc1cc(/C=N\n2c(-c3ccccc3C)nc3ccccc3c2=O)ccc1O. The minimum atomic E-state index is -0.251. The molecular formula is C24H21N3O3. The predicted molar refractivity (Wildman–Crippen MR) is 118 cm³/mol. The number of nitrogens with zero attached hydrogens (tertiary/aromatic N) is 3. The summed E-state index contributed by atoms with van der Waals surface area (Å²) < 4.78 is 6.74. The summed E-state index contributed by atoms with van der Waals surface area (Å²) in [5, 5.41) is 14.8. The van der Waals surface area contributed by atoms with Crippen LogP contribution in [-0.2, 0) is 0 Å². The number of phenolic OH excluding ortho intramolecular Hbond substituents is 1. The number of hydrogen-bond donors (Lipinski definition) is 1. The first-order valence-corrected chi connectivity index (χ1v) is 9.66. The molecule has 0 bridgehead atoms. The molecule has 0 fully saturated rings. The molecule has 3 aromatic carbocycles. The molecule has 0 aliphatic heterocycles. The predicted octanol–water partition coefficient (Wildman–Crippen LogP) is 4.36. The molecule has 1 N–H and O–H groups in total. The first kappa shape index (κ1) is 19.4. The van der Waals surface area contributed by atoms with Crippen molar-refractivity contribution < 1.29 is 9.84 Å². The zero-order valence-corrected chi connectivity index (χ0v) is 16.7. The molecule has 6 nitrogen and oxygen atoms in total. The van der Waals surface area contributed by atoms with Gasteiger partial charge in [-0.3, -0.25) is 4.79 Å². The second-order valence-corrected chi connectivity index (χ2v) is 6.79. The third kappa shape index (κ3) is 3.67. The van der Waals surface area contributed by atoms with E-state index in [-0.39, 0.29) is 11.3 Å². The average molecular weight is 399 g/mol. The van der Waals surface area contributed by atoms with Crippen LogP contribution in [0.5, 0.6) is 11.5 Å². The van der Waals surface area contributed by atoms with Gasteiger partial charge in [0.15, 0.2) is 17.3 Å². The fraction of sp³-hybridized carbons (Fsp3) is 0.125. The first-order chi connectivity index (χ1) is 14.6. The summed E-state index contributed by atoms with van der Waals surface area (Å²) in [6.07, 6.45) is 1.56. The summed E-state index contributed by atoms with van der Waals surface area (Å²) in [7, 11) is 0. The van der Waals surface area contributed by atoms with Crippen LogP contribution < -0.4 is 10.3 Å². The van der Waals surface area contributed by atoms with Gasteiger partial charge < -0.3 is 9.84 Å². The summed E-state index contributed by atoms with van der Waals surface area (Å²) in [6, 6.07) is 19.9. The Morgan fingerprint density at radius 1 is 1.10 bits per heavy atom. The van der Waals surface area contributed by atoms with E-state index in [0.29, 0.717) is 34.6 Å². The van der Waals surface area contributed by atoms with Gasteiger partial charge in [-0.25, -0.2) is 4.98 Å². The van der Waals surface area contributed by atoms with E-state index in [9.17, 15) is 9.90 Å². The van der Waals surface area contributed by atoms with Crippen molar-refractivity contribution in [3.05, 3.63) is 88.2 Å². The number of rotatable bonds is 5. The van der Waals surface area contributed by atoms with Gasteiger partial charge in [0.1, 0.15) is 0 Å². The number of phenols is 1. The molecular weight excluding hydrogens is 378 g/mol. The lowest BCUT2D eigenvalue weighted by Crippen LogP contribution is -2.20. The van der Waals surface area contributed by atoms with Crippen molar-refractivity contribution in [3.8, 4) is 22.9 Å². The van der Waals surface area contributed by atoms with Crippen LogP contribution >= 0.6 is 0 Å². The minimum Gasteiger partial charge on any atom is -0.504 e. The number of fused-ring (bicyclic) bond motifs is 1. The highest BCUT2D eigenvalue weighted by atomic mass is 16.5. The van der Waals surface area contributed by atoms with Crippen LogP contribution in [0.2, 0.25) is 0 Å². The second-order valence-electron chi connectivity index (χ2n) is 6.79. The number of ether oxygens (including phenoxy) is 1. The standard InChI is InChI=1S/C24H21N3O3/c1-3-30-22-14-17(12-13-21(22)28)15-25-27-23(18-9-5-4-8-16(18)2)26-20-11-7-6-10-19(20)24(27)29/h4-15,28H,3H2,1-2H3/b25-15-. The van der Waals surface area contributed by atoms with Crippen molar-refractivity contribution in [1.29, 1.82) is 0 Å². The van der Waals surface area contributed by atoms with E-state index >= 15 is 0 Å². The molecule has 0 atom stereocenters. The molecule has 0 spiro atoms. The smallest absolute Gasteiger partial charge is 0.282 e. The third-order valence-electron chi connectivity index (χ3n) is 4.75. The molecule has 0 saturated heterocycles. The van der Waals surface area contributed by atoms with Crippen molar-refractivity contribution in [2.75, 3.05) is 6.61 Å². The summed E-state index contributed by atoms with van der Waals surface area (Å²) in [4.78, 5) is 17.9. The lowest BCUT2D eigenvalue weighted by Gasteiger charge is -2.11. The normalized spacial score (nSPS) is 11.3. The van der Waals surface area contributed by atoms with E-state index in [1.807, 2.05) is 50.2 Å². The first-order valence-electron chi connectivity index (χ1n) is 9.66. The van der Waals surface area contributed by atoms with E-state index in [1.165, 1.54) is 10.7 Å². The Balaban J connectivity index is 1.89. The summed E-state index contributed by atoms with van der Waals surface area (Å²) in [5.41, 5.74) is 2.88. The Kier molecular flexibility index (Phi) is 5.30. The van der Waals surface area contributed by atoms with Gasteiger partial charge in [0.05, 0.1) is 23.7 Å². The van der Waals surface area contributed by atoms with Gasteiger partial charge in [-0.2, -0.15) is 9.78 Å². The van der Waals surface area contributed by atoms with Gasteiger partial charge in [-0.1, -0.05) is 36.4 Å². The maximum atomic E-state index is 13.2. The van der Waals surface area contributed by atoms with Crippen LogP contribution in [0.4, 0.5) is 0 Å². The van der Waals surface area contributed by atoms with E-state index in [1.54, 1.807) is 30.5 Å². The largest absolute Gasteiger partial charge is 0.504 e. The Morgan fingerprint density at radius 2 is 1.87 bits per heavy atom. The highest BCUT2D eigenvalue weighted by Gasteiger charge is 2.14. The van der Waals surface area contributed by atoms with E-state index in [0.717, 1.165) is 11.1 Å². The summed E-state index contributed by atoms with van der Waals surface area (Å²) >= 11 is 0. The van der Waals surface area contributed by atoms with Crippen LogP contribution in [0.15, 0.2) is 76.6 Å². The summed E-state index contributed by atoms with van der Waals surface area (Å²) in [6.45, 7) is 4.24. The van der Waals surface area contributed by atoms with Crippen LogP contribution in [0.3, 0.4) is 0 Å². The maximum Gasteiger partial charge on any atom is 0.282 e. The molecule has 0 aliphatic carbocycles. The van der Waals surface area contributed by atoms with Crippen molar-refractivity contribution in [2.45, 2.75) is 13.8 Å². The molecule has 6 heteroatoms. The van der Waals surface area contributed by atoms with Gasteiger partial charge in [0.25, 0.3) is 5.56 Å². The molecule has 0 amide bonds. The van der Waals surface area contributed by atoms with Crippen LogP contribution in [0.1, 0.15) is 18.1 Å². The Morgan fingerprint density at radius 3 is 2.67 bits per heavy atom. The molecule has 0 saturated carbocycles. The Bertz CT molecular complexity index is 1310. The van der Waals surface area contributed by atoms with E-state index < -0.39 is 0 Å². The highest BCUT2D eigenvalue weighted by molar-refractivity contribution is 5.83. The third-order valence-corrected chi connectivity index (χ3v) is 4.75. The monoisotopic (exact) mass is 399 g/mol. The molecule has 0 radical (unpaired) electrons. The maximum absolute atomic E-state index is 13.2. The zero-order valence-electron chi connectivity index (χ0n) is 16.7. The number of hydrogen-bond acceptors (Lipinski definition) is 5. The van der Waals surface area contributed by atoms with Gasteiger partial charge in [-0.15, -0.1) is 0 Å². The van der Waals surface area contributed by atoms with E-state index in [2.05, 4.69) is 5.10 Å². The van der Waals surface area contributed by atoms with Crippen molar-refractivity contribution >= 4 is 17.1 Å². The van der Waals surface area contributed by atoms with E-state index in [4.69, 9.17) is 9.72 Å². The molecule has 150 valence electrons. The Labute approximate surface area is 173 Å². The Hall–Kier alpha value is -3.93. The average Bonchev–Trinajstić information content (AvgIpc) is 2.76. The highest BCUT2D eigenvalue weighted by Crippen LogP contribution is 2.26. The van der Waals surface area contributed by atoms with Crippen molar-refractivity contribution in [1.82, 2.24) is 9.66 Å². The molecule has 0 unspecified atom stereocenters. The van der Waals surface area contributed by atoms with Crippen LogP contribution in [-0.4, -0.2) is 27.6 Å². The number of para-hydroxylation sites is 1. The van der Waals surface area contributed by atoms with Crippen molar-refractivity contribution in [3.63, 3.8) is 0 Å². The zero-order chi connectivity index (χ0) is 21.1. The van der Waals surface area contributed by atoms with Crippen LogP contribution in [0.25, 0.3) is 22.3 Å². The molecule has 4 rings (SSSR count). The molecule has 0 aliphatic rings. The lowest BCUT2D eigenvalue weighted by molar-refractivity contribution is 0.318. The fourth-order valence-electron chi connectivity index (χ4n) is 3.24. The fourth-order valence-corrected chi connectivity index (χ4v) is 3.24. The quantitative estimate of drug-likeness (QED) is 0.506. The lowest BCUT2D eigenvalue weighted by atomic mass is 10.1. The number of aromatic nitrogens is 2.